The standard InChI is InChI=1S/C55H31N5S/c1-3-14-32(15-4-1)53-56-54(33-16-5-2-6-17-33)58-55(57-53)45-29-36(28-44-38-21-10-12-25-50(38)61-52(44)45)59-47-27-35-19-8-7-18-34(35)26-41(47)43-30-42-40-23-13-22-39-37-20-9-11-24-46(37)60(51(39)40)49(42)31-48(43)59/h1-31H. The van der Waals surface area contributed by atoms with Gasteiger partial charge >= 0.3 is 0 Å². The van der Waals surface area contributed by atoms with Gasteiger partial charge in [-0.15, -0.1) is 11.3 Å². The van der Waals surface area contributed by atoms with Gasteiger partial charge in [0.05, 0.1) is 27.6 Å². The molecule has 0 fully saturated rings. The highest BCUT2D eigenvalue weighted by molar-refractivity contribution is 7.26. The van der Waals surface area contributed by atoms with Crippen LogP contribution in [0.15, 0.2) is 188 Å². The zero-order chi connectivity index (χ0) is 39.8. The monoisotopic (exact) mass is 793 g/mol. The van der Waals surface area contributed by atoms with Crippen molar-refractivity contribution >= 4 is 102 Å². The van der Waals surface area contributed by atoms with Crippen LogP contribution in [-0.4, -0.2) is 23.9 Å². The van der Waals surface area contributed by atoms with Gasteiger partial charge in [0, 0.05) is 74.9 Å². The minimum atomic E-state index is 0.646. The highest BCUT2D eigenvalue weighted by Gasteiger charge is 2.23. The summed E-state index contributed by atoms with van der Waals surface area (Å²) in [6, 6.07) is 67.8. The highest BCUT2D eigenvalue weighted by atomic mass is 32.1. The number of rotatable bonds is 4. The number of nitrogens with zero attached hydrogens (tertiary/aromatic N) is 5. The van der Waals surface area contributed by atoms with Crippen LogP contribution >= 0.6 is 11.3 Å². The van der Waals surface area contributed by atoms with Crippen LogP contribution in [0.3, 0.4) is 0 Å². The van der Waals surface area contributed by atoms with Gasteiger partial charge in [0.15, 0.2) is 17.5 Å². The van der Waals surface area contributed by atoms with Crippen LogP contribution in [0.4, 0.5) is 0 Å². The summed E-state index contributed by atoms with van der Waals surface area (Å²) in [7, 11) is 0. The van der Waals surface area contributed by atoms with Gasteiger partial charge in [0.2, 0.25) is 0 Å². The lowest BCUT2D eigenvalue weighted by atomic mass is 10.0. The van der Waals surface area contributed by atoms with Crippen molar-refractivity contribution in [3.63, 3.8) is 0 Å². The van der Waals surface area contributed by atoms with E-state index in [4.69, 9.17) is 15.0 Å². The predicted octanol–water partition coefficient (Wildman–Crippen LogP) is 14.6. The molecule has 0 N–H and O–H groups in total. The molecular formula is C55H31N5S. The molecular weight excluding hydrogens is 763 g/mol. The van der Waals surface area contributed by atoms with E-state index in [1.165, 1.54) is 75.1 Å². The smallest absolute Gasteiger partial charge is 0.165 e. The van der Waals surface area contributed by atoms with Crippen molar-refractivity contribution in [2.75, 3.05) is 0 Å². The van der Waals surface area contributed by atoms with E-state index in [0.29, 0.717) is 17.5 Å². The average molecular weight is 794 g/mol. The molecule has 282 valence electrons. The molecule has 0 spiro atoms. The second kappa shape index (κ2) is 12.3. The molecule has 14 rings (SSSR count). The molecule has 61 heavy (non-hydrogen) atoms. The molecule has 5 nitrogen and oxygen atoms in total. The summed E-state index contributed by atoms with van der Waals surface area (Å²) in [5.74, 6) is 1.94. The summed E-state index contributed by atoms with van der Waals surface area (Å²) in [5, 5.41) is 12.4. The normalized spacial score (nSPS) is 12.3. The Balaban J connectivity index is 1.14. The predicted molar refractivity (Wildman–Crippen MR) is 256 cm³/mol. The molecule has 0 aliphatic carbocycles. The Morgan fingerprint density at radius 3 is 1.70 bits per heavy atom. The number of fused-ring (bicyclic) bond motifs is 13. The molecule has 6 heteroatoms. The Morgan fingerprint density at radius 2 is 0.934 bits per heavy atom. The lowest BCUT2D eigenvalue weighted by Gasteiger charge is -2.13. The van der Waals surface area contributed by atoms with Crippen molar-refractivity contribution in [3.05, 3.63) is 188 Å². The van der Waals surface area contributed by atoms with Crippen molar-refractivity contribution in [1.29, 1.82) is 0 Å². The molecule has 5 heterocycles. The van der Waals surface area contributed by atoms with Gasteiger partial charge in [-0.2, -0.15) is 0 Å². The van der Waals surface area contributed by atoms with Crippen LogP contribution in [0, 0.1) is 0 Å². The average Bonchev–Trinajstić information content (AvgIpc) is 4.06. The molecule has 0 aliphatic heterocycles. The van der Waals surface area contributed by atoms with E-state index in [-0.39, 0.29) is 0 Å². The van der Waals surface area contributed by atoms with Crippen molar-refractivity contribution in [2.45, 2.75) is 0 Å². The topological polar surface area (TPSA) is 48.0 Å². The summed E-state index contributed by atoms with van der Waals surface area (Å²) in [5.41, 5.74) is 9.94. The lowest BCUT2D eigenvalue weighted by molar-refractivity contribution is 1.07. The van der Waals surface area contributed by atoms with E-state index >= 15 is 0 Å². The van der Waals surface area contributed by atoms with Crippen molar-refractivity contribution in [1.82, 2.24) is 23.9 Å². The molecule has 9 aromatic carbocycles. The van der Waals surface area contributed by atoms with Crippen LogP contribution in [0.25, 0.3) is 131 Å². The first-order chi connectivity index (χ1) is 30.2. The van der Waals surface area contributed by atoms with Crippen LogP contribution in [0.2, 0.25) is 0 Å². The van der Waals surface area contributed by atoms with Crippen LogP contribution in [-0.2, 0) is 0 Å². The van der Waals surface area contributed by atoms with E-state index in [0.717, 1.165) is 38.1 Å². The second-order valence-corrected chi connectivity index (χ2v) is 17.1. The number of hydrogen-bond acceptors (Lipinski definition) is 4. The third-order valence-electron chi connectivity index (χ3n) is 12.6. The minimum Gasteiger partial charge on any atom is -0.309 e. The van der Waals surface area contributed by atoms with Gasteiger partial charge in [-0.25, -0.2) is 15.0 Å². The molecule has 0 bridgehead atoms. The zero-order valence-corrected chi connectivity index (χ0v) is 33.4. The third kappa shape index (κ3) is 4.68. The Kier molecular flexibility index (Phi) is 6.65. The van der Waals surface area contributed by atoms with Crippen molar-refractivity contribution in [2.24, 2.45) is 0 Å². The summed E-state index contributed by atoms with van der Waals surface area (Å²) < 4.78 is 7.34. The first-order valence-electron chi connectivity index (χ1n) is 20.6. The second-order valence-electron chi connectivity index (χ2n) is 16.0. The first-order valence-corrected chi connectivity index (χ1v) is 21.4. The maximum absolute atomic E-state index is 5.29. The number of hydrogen-bond donors (Lipinski definition) is 0. The molecule has 0 radical (unpaired) electrons. The Hall–Kier alpha value is -7.93. The van der Waals surface area contributed by atoms with Gasteiger partial charge in [-0.3, -0.25) is 0 Å². The van der Waals surface area contributed by atoms with Gasteiger partial charge in [-0.05, 0) is 59.3 Å². The van der Waals surface area contributed by atoms with Gasteiger partial charge < -0.3 is 8.97 Å². The lowest BCUT2D eigenvalue weighted by Crippen LogP contribution is -2.01. The van der Waals surface area contributed by atoms with E-state index in [1.54, 1.807) is 11.3 Å². The number of para-hydroxylation sites is 2. The Labute approximate surface area is 352 Å². The van der Waals surface area contributed by atoms with Crippen molar-refractivity contribution < 1.29 is 0 Å². The number of aromatic nitrogens is 5. The molecule has 0 saturated heterocycles. The maximum atomic E-state index is 5.29. The van der Waals surface area contributed by atoms with Crippen LogP contribution in [0.1, 0.15) is 0 Å². The highest BCUT2D eigenvalue weighted by Crippen LogP contribution is 2.46. The third-order valence-corrected chi connectivity index (χ3v) is 13.9. The first kappa shape index (κ1) is 33.0. The fraction of sp³-hybridized carbons (Fsp3) is 0. The molecule has 5 aromatic heterocycles. The summed E-state index contributed by atoms with van der Waals surface area (Å²) in [6.45, 7) is 0. The SMILES string of the molecule is c1ccc(-c2nc(-c3ccccc3)nc(-c3cc(-n4c5cc6ccccc6cc5c5cc6c7cccc8c9ccccc9n(c6cc54)c87)cc4c3sc3ccccc34)n2)cc1. The maximum Gasteiger partial charge on any atom is 0.165 e. The minimum absolute atomic E-state index is 0.646. The summed E-state index contributed by atoms with van der Waals surface area (Å²) in [6.07, 6.45) is 0. The van der Waals surface area contributed by atoms with E-state index in [1.807, 2.05) is 36.4 Å². The fourth-order valence-electron chi connectivity index (χ4n) is 9.94. The molecule has 0 unspecified atom stereocenters. The number of benzene rings is 9. The van der Waals surface area contributed by atoms with Gasteiger partial charge in [0.25, 0.3) is 0 Å². The van der Waals surface area contributed by atoms with E-state index in [9.17, 15) is 0 Å². The van der Waals surface area contributed by atoms with Gasteiger partial charge in [-0.1, -0.05) is 140 Å². The Morgan fingerprint density at radius 1 is 0.361 bits per heavy atom. The molecule has 0 saturated carbocycles. The fourth-order valence-corrected chi connectivity index (χ4v) is 11.1. The largest absolute Gasteiger partial charge is 0.309 e. The summed E-state index contributed by atoms with van der Waals surface area (Å²) in [4.78, 5) is 15.7. The summed E-state index contributed by atoms with van der Waals surface area (Å²) >= 11 is 1.80. The quantitative estimate of drug-likeness (QED) is 0.178. The van der Waals surface area contributed by atoms with E-state index < -0.39 is 0 Å². The van der Waals surface area contributed by atoms with E-state index in [2.05, 4.69) is 161 Å². The van der Waals surface area contributed by atoms with Crippen LogP contribution in [0.5, 0.6) is 0 Å². The molecule has 14 aromatic rings. The van der Waals surface area contributed by atoms with Gasteiger partial charge in [0.1, 0.15) is 0 Å². The molecule has 0 atom stereocenters. The number of thiophene rings is 1. The zero-order valence-electron chi connectivity index (χ0n) is 32.5. The van der Waals surface area contributed by atoms with Crippen LogP contribution < -0.4 is 0 Å². The van der Waals surface area contributed by atoms with Crippen molar-refractivity contribution in [3.8, 4) is 39.9 Å². The Bertz CT molecular complexity index is 4050. The molecule has 0 aliphatic rings. The molecule has 0 amide bonds.